The van der Waals surface area contributed by atoms with Gasteiger partial charge in [-0.05, 0) is 43.4 Å². The van der Waals surface area contributed by atoms with Gasteiger partial charge in [0.25, 0.3) is 5.91 Å². The number of ether oxygens (including phenoxy) is 1. The first-order chi connectivity index (χ1) is 15.7. The number of nitrogens with one attached hydrogen (secondary N) is 3. The fraction of sp³-hybridized carbons (Fsp3) is 0.500. The highest BCUT2D eigenvalue weighted by atomic mass is 16.5. The molecule has 1 aromatic heterocycles. The highest BCUT2D eigenvalue weighted by molar-refractivity contribution is 6.01. The van der Waals surface area contributed by atoms with Crippen molar-refractivity contribution in [1.82, 2.24) is 20.5 Å². The van der Waals surface area contributed by atoms with Crippen LogP contribution in [0, 0.1) is 23.2 Å². The molecule has 0 bridgehead atoms. The lowest BCUT2D eigenvalue weighted by atomic mass is 9.97. The summed E-state index contributed by atoms with van der Waals surface area (Å²) in [6, 6.07) is 7.73. The van der Waals surface area contributed by atoms with E-state index in [1.165, 1.54) is 4.90 Å². The van der Waals surface area contributed by atoms with Crippen molar-refractivity contribution in [3.05, 3.63) is 30.0 Å². The molecule has 3 rings (SSSR count). The summed E-state index contributed by atoms with van der Waals surface area (Å²) >= 11 is 0. The normalized spacial score (nSPS) is 17.3. The van der Waals surface area contributed by atoms with Crippen LogP contribution in [-0.4, -0.2) is 60.4 Å². The van der Waals surface area contributed by atoms with Crippen LogP contribution in [0.5, 0.6) is 5.75 Å². The van der Waals surface area contributed by atoms with Gasteiger partial charge in [0.1, 0.15) is 23.5 Å². The average Bonchev–Trinajstić information content (AvgIpc) is 3.41. The summed E-state index contributed by atoms with van der Waals surface area (Å²) in [5.74, 6) is -0.338. The second-order valence-corrected chi connectivity index (χ2v) is 8.87. The van der Waals surface area contributed by atoms with E-state index in [-0.39, 0.29) is 30.1 Å². The summed E-state index contributed by atoms with van der Waals surface area (Å²) in [5, 5.41) is 15.8. The molecule has 3 N–H and O–H groups in total. The molecule has 1 fully saturated rings. The molecule has 1 aliphatic rings. The molecule has 0 saturated carbocycles. The number of carbonyl (C=O) groups excluding carboxylic acids is 3. The Bertz CT molecular complexity index is 1070. The summed E-state index contributed by atoms with van der Waals surface area (Å²) in [6.45, 7) is 4.52. The first-order valence-corrected chi connectivity index (χ1v) is 11.2. The third-order valence-corrected chi connectivity index (χ3v) is 6.01. The molecule has 9 heteroatoms. The molecular weight excluding hydrogens is 422 g/mol. The van der Waals surface area contributed by atoms with Gasteiger partial charge >= 0.3 is 0 Å². The van der Waals surface area contributed by atoms with E-state index in [2.05, 4.69) is 21.7 Å². The van der Waals surface area contributed by atoms with Crippen molar-refractivity contribution < 1.29 is 19.1 Å². The zero-order chi connectivity index (χ0) is 24.1. The van der Waals surface area contributed by atoms with Crippen molar-refractivity contribution in [3.63, 3.8) is 0 Å². The van der Waals surface area contributed by atoms with Gasteiger partial charge in [0.2, 0.25) is 11.8 Å². The van der Waals surface area contributed by atoms with Crippen LogP contribution >= 0.6 is 0 Å². The summed E-state index contributed by atoms with van der Waals surface area (Å²) < 4.78 is 5.37. The van der Waals surface area contributed by atoms with Crippen LogP contribution in [0.2, 0.25) is 0 Å². The van der Waals surface area contributed by atoms with Gasteiger partial charge in [0, 0.05) is 30.4 Å². The van der Waals surface area contributed by atoms with Crippen LogP contribution in [0.15, 0.2) is 24.3 Å². The van der Waals surface area contributed by atoms with Crippen molar-refractivity contribution in [2.24, 2.45) is 11.8 Å². The Labute approximate surface area is 193 Å². The van der Waals surface area contributed by atoms with Gasteiger partial charge in [-0.15, -0.1) is 0 Å². The van der Waals surface area contributed by atoms with Gasteiger partial charge in [-0.2, -0.15) is 5.26 Å². The third kappa shape index (κ3) is 5.45. The fourth-order valence-electron chi connectivity index (χ4n) is 4.21. The van der Waals surface area contributed by atoms with Gasteiger partial charge in [0.15, 0.2) is 0 Å². The molecule has 33 heavy (non-hydrogen) atoms. The number of fused-ring (bicyclic) bond motifs is 1. The lowest BCUT2D eigenvalue weighted by molar-refractivity contribution is -0.127. The maximum atomic E-state index is 13.3. The van der Waals surface area contributed by atoms with Gasteiger partial charge < -0.3 is 25.3 Å². The number of hydrogen-bond acceptors (Lipinski definition) is 5. The maximum absolute atomic E-state index is 13.3. The van der Waals surface area contributed by atoms with Crippen molar-refractivity contribution in [3.8, 4) is 11.8 Å². The number of carbonyl (C=O) groups is 3. The molecule has 1 aromatic carbocycles. The number of amides is 3. The maximum Gasteiger partial charge on any atom is 0.270 e. The van der Waals surface area contributed by atoms with E-state index < -0.39 is 18.0 Å². The quantitative estimate of drug-likeness (QED) is 0.536. The minimum atomic E-state index is -0.804. The Balaban J connectivity index is 1.78. The highest BCUT2D eigenvalue weighted by Gasteiger charge is 2.33. The van der Waals surface area contributed by atoms with E-state index in [1.54, 1.807) is 20.2 Å². The lowest BCUT2D eigenvalue weighted by Gasteiger charge is -2.29. The van der Waals surface area contributed by atoms with E-state index >= 15 is 0 Å². The van der Waals surface area contributed by atoms with Gasteiger partial charge in [-0.1, -0.05) is 19.9 Å². The topological polar surface area (TPSA) is 127 Å². The molecule has 3 atom stereocenters. The zero-order valence-electron chi connectivity index (χ0n) is 19.5. The molecule has 176 valence electrons. The van der Waals surface area contributed by atoms with Crippen molar-refractivity contribution in [2.75, 3.05) is 20.7 Å². The molecule has 1 saturated heterocycles. The summed E-state index contributed by atoms with van der Waals surface area (Å²) in [4.78, 5) is 42.8. The van der Waals surface area contributed by atoms with Crippen molar-refractivity contribution in [2.45, 2.75) is 45.2 Å². The number of methoxy groups -OCH3 is 1. The molecule has 0 unspecified atom stereocenters. The van der Waals surface area contributed by atoms with E-state index in [0.717, 1.165) is 10.9 Å². The zero-order valence-corrected chi connectivity index (χ0v) is 19.5. The number of benzene rings is 1. The van der Waals surface area contributed by atoms with Crippen LogP contribution in [0.3, 0.4) is 0 Å². The van der Waals surface area contributed by atoms with Crippen molar-refractivity contribution in [1.29, 1.82) is 5.26 Å². The summed E-state index contributed by atoms with van der Waals surface area (Å²) in [6.07, 6.45) is 1.33. The number of likely N-dealkylation sites (N-methyl/N-ethyl adjacent to an activating group) is 1. The molecule has 9 nitrogen and oxygen atoms in total. The molecule has 0 radical (unpaired) electrons. The summed E-state index contributed by atoms with van der Waals surface area (Å²) in [5.41, 5.74) is 1.10. The lowest BCUT2D eigenvalue weighted by Crippen LogP contribution is -2.51. The average molecular weight is 454 g/mol. The molecule has 0 spiro atoms. The predicted octanol–water partition coefficient (Wildman–Crippen LogP) is 2.20. The molecule has 1 aliphatic heterocycles. The Morgan fingerprint density at radius 2 is 2.12 bits per heavy atom. The Morgan fingerprint density at radius 3 is 2.73 bits per heavy atom. The van der Waals surface area contributed by atoms with Crippen LogP contribution < -0.4 is 15.4 Å². The Morgan fingerprint density at radius 1 is 1.36 bits per heavy atom. The molecule has 2 heterocycles. The smallest absolute Gasteiger partial charge is 0.270 e. The minimum Gasteiger partial charge on any atom is -0.496 e. The van der Waals surface area contributed by atoms with E-state index in [9.17, 15) is 19.6 Å². The van der Waals surface area contributed by atoms with Crippen LogP contribution in [0.25, 0.3) is 10.9 Å². The predicted molar refractivity (Wildman–Crippen MR) is 123 cm³/mol. The van der Waals surface area contributed by atoms with Gasteiger partial charge in [0.05, 0.1) is 13.2 Å². The standard InChI is InChI=1S/C24H31N5O4/c1-14(2)10-20(23(31)27-16(13-25)11-15-8-9-26-22(15)30)29(3)24(32)19-12-17-18(28-19)6-5-7-21(17)33-4/h5-7,12,14-16,20,28H,8-11H2,1-4H3,(H,26,30)(H,27,31)/t15-,16-,20-/m0/s1. The first-order valence-electron chi connectivity index (χ1n) is 11.2. The number of aromatic nitrogens is 1. The SMILES string of the molecule is COc1cccc2[nH]c(C(=O)N(C)[C@@H](CC(C)C)C(=O)N[C@H](C#N)C[C@@H]3CCNC3=O)cc12. The monoisotopic (exact) mass is 453 g/mol. The number of nitrogens with zero attached hydrogens (tertiary/aromatic N) is 2. The van der Waals surface area contributed by atoms with E-state index in [0.29, 0.717) is 30.8 Å². The molecule has 0 aliphatic carbocycles. The number of rotatable bonds is 9. The second-order valence-electron chi connectivity index (χ2n) is 8.87. The summed E-state index contributed by atoms with van der Waals surface area (Å²) in [7, 11) is 3.16. The minimum absolute atomic E-state index is 0.0928. The molecule has 2 aromatic rings. The third-order valence-electron chi connectivity index (χ3n) is 6.01. The van der Waals surface area contributed by atoms with E-state index in [1.807, 2.05) is 32.0 Å². The second kappa shape index (κ2) is 10.4. The van der Waals surface area contributed by atoms with Gasteiger partial charge in [-0.3, -0.25) is 14.4 Å². The Kier molecular flexibility index (Phi) is 7.59. The molecule has 3 amide bonds. The van der Waals surface area contributed by atoms with E-state index in [4.69, 9.17) is 4.74 Å². The van der Waals surface area contributed by atoms with Crippen LogP contribution in [0.4, 0.5) is 0 Å². The number of H-pyrrole nitrogens is 1. The van der Waals surface area contributed by atoms with Crippen LogP contribution in [0.1, 0.15) is 43.6 Å². The van der Waals surface area contributed by atoms with Crippen LogP contribution in [-0.2, 0) is 9.59 Å². The number of nitriles is 1. The number of hydrogen-bond donors (Lipinski definition) is 3. The first kappa shape index (κ1) is 24.1. The van der Waals surface area contributed by atoms with Crippen molar-refractivity contribution >= 4 is 28.6 Å². The number of aromatic amines is 1. The largest absolute Gasteiger partial charge is 0.496 e. The highest BCUT2D eigenvalue weighted by Crippen LogP contribution is 2.27. The van der Waals surface area contributed by atoms with Gasteiger partial charge in [-0.25, -0.2) is 0 Å². The fourth-order valence-corrected chi connectivity index (χ4v) is 4.21. The molecular formula is C24H31N5O4. The Hall–Kier alpha value is -3.54.